The number of hydrogen-bond donors (Lipinski definition) is 3. The first-order valence-electron chi connectivity index (χ1n) is 13.9. The number of nitrogens with zero attached hydrogens (tertiary/aromatic N) is 3. The van der Waals surface area contributed by atoms with Crippen LogP contribution >= 0.6 is 0 Å². The van der Waals surface area contributed by atoms with E-state index < -0.39 is 17.5 Å². The first-order valence-corrected chi connectivity index (χ1v) is 13.9. The third kappa shape index (κ3) is 9.81. The van der Waals surface area contributed by atoms with Gasteiger partial charge in [-0.05, 0) is 80.5 Å². The number of halogens is 3. The third-order valence-corrected chi connectivity index (χ3v) is 6.24. The quantitative estimate of drug-likeness (QED) is 0.147. The Morgan fingerprint density at radius 2 is 1.60 bits per heavy atom. The number of carbonyl (C=O) groups is 1. The SMILES string of the molecule is C=Cc1cc(F)c(C)c(-c2nc(NCCCN(CC)CC)nc(NC=O)c2/C=C\c2c(F)cccc2F)c1.CC.CO. The largest absolute Gasteiger partial charge is 0.400 e. The molecule has 0 aliphatic heterocycles. The van der Waals surface area contributed by atoms with Gasteiger partial charge in [-0.2, -0.15) is 4.98 Å². The Hall–Kier alpha value is -4.02. The van der Waals surface area contributed by atoms with Crippen molar-refractivity contribution in [2.45, 2.75) is 41.0 Å². The van der Waals surface area contributed by atoms with Crippen molar-refractivity contribution < 1.29 is 23.1 Å². The van der Waals surface area contributed by atoms with Gasteiger partial charge in [-0.3, -0.25) is 4.79 Å². The van der Waals surface area contributed by atoms with Gasteiger partial charge < -0.3 is 20.6 Å². The first kappa shape index (κ1) is 36.0. The van der Waals surface area contributed by atoms with Gasteiger partial charge in [-0.15, -0.1) is 0 Å². The minimum atomic E-state index is -0.754. The van der Waals surface area contributed by atoms with Crippen LogP contribution in [0.3, 0.4) is 0 Å². The van der Waals surface area contributed by atoms with Crippen LogP contribution in [0.1, 0.15) is 56.4 Å². The van der Waals surface area contributed by atoms with Crippen molar-refractivity contribution in [1.29, 1.82) is 0 Å². The van der Waals surface area contributed by atoms with Crippen LogP contribution in [0.15, 0.2) is 36.9 Å². The van der Waals surface area contributed by atoms with E-state index in [0.29, 0.717) is 29.6 Å². The number of rotatable bonds is 13. The van der Waals surface area contributed by atoms with E-state index in [9.17, 15) is 18.0 Å². The van der Waals surface area contributed by atoms with Crippen molar-refractivity contribution in [3.8, 4) is 11.3 Å². The van der Waals surface area contributed by atoms with E-state index in [1.54, 1.807) is 13.0 Å². The topological polar surface area (TPSA) is 90.4 Å². The average Bonchev–Trinajstić information content (AvgIpc) is 3.01. The number of aromatic nitrogens is 2. The van der Waals surface area contributed by atoms with Crippen molar-refractivity contribution in [3.05, 3.63) is 76.6 Å². The highest BCUT2D eigenvalue weighted by Gasteiger charge is 2.19. The molecule has 2 aromatic carbocycles. The number of amides is 1. The molecule has 3 rings (SSSR count). The van der Waals surface area contributed by atoms with E-state index in [4.69, 9.17) is 5.11 Å². The predicted octanol–water partition coefficient (Wildman–Crippen LogP) is 7.03. The van der Waals surface area contributed by atoms with Crippen LogP contribution in [0.5, 0.6) is 0 Å². The second-order valence-electron chi connectivity index (χ2n) is 8.58. The van der Waals surface area contributed by atoms with E-state index in [1.807, 2.05) is 13.8 Å². The summed E-state index contributed by atoms with van der Waals surface area (Å²) in [4.78, 5) is 22.8. The summed E-state index contributed by atoms with van der Waals surface area (Å²) in [5.74, 6) is -1.65. The summed E-state index contributed by atoms with van der Waals surface area (Å²) < 4.78 is 43.5. The maximum absolute atomic E-state index is 14.8. The summed E-state index contributed by atoms with van der Waals surface area (Å²) in [6.07, 6.45) is 5.43. The predicted molar refractivity (Wildman–Crippen MR) is 168 cm³/mol. The Morgan fingerprint density at radius 1 is 0.976 bits per heavy atom. The maximum Gasteiger partial charge on any atom is 0.225 e. The number of carbonyl (C=O) groups excluding carboxylic acids is 1. The Morgan fingerprint density at radius 3 is 2.17 bits per heavy atom. The van der Waals surface area contributed by atoms with Crippen LogP contribution in [0.4, 0.5) is 24.9 Å². The van der Waals surface area contributed by atoms with Gasteiger partial charge in [0.05, 0.1) is 5.69 Å². The van der Waals surface area contributed by atoms with Gasteiger partial charge in [-0.1, -0.05) is 46.4 Å². The Labute approximate surface area is 247 Å². The summed E-state index contributed by atoms with van der Waals surface area (Å²) in [6.45, 7) is 16.9. The smallest absolute Gasteiger partial charge is 0.225 e. The molecule has 0 atom stereocenters. The standard InChI is InChI=1S/C29H32F3N5O.C2H6.CH4O/c1-5-20-16-23(19(4)26(32)17-20)27-22(13-12-21-24(30)10-8-11-25(21)31)28(34-18-38)36-29(35-27)33-14-9-15-37(6-2)7-3;2*1-2/h5,8,10-13,16-18H,1,6-7,9,14-15H2,2-4H3,(H2,33,34,35,36,38);1-2H3;2H,1H3/b13-12-;;. The summed E-state index contributed by atoms with van der Waals surface area (Å²) in [5, 5.41) is 12.7. The molecule has 1 amide bonds. The highest BCUT2D eigenvalue weighted by molar-refractivity contribution is 5.89. The molecule has 228 valence electrons. The molecule has 0 spiro atoms. The summed E-state index contributed by atoms with van der Waals surface area (Å²) >= 11 is 0. The third-order valence-electron chi connectivity index (χ3n) is 6.24. The lowest BCUT2D eigenvalue weighted by molar-refractivity contribution is -0.105. The van der Waals surface area contributed by atoms with E-state index in [0.717, 1.165) is 45.3 Å². The highest BCUT2D eigenvalue weighted by Crippen LogP contribution is 2.34. The molecule has 3 aromatic rings. The lowest BCUT2D eigenvalue weighted by Crippen LogP contribution is -2.25. The van der Waals surface area contributed by atoms with Crippen LogP contribution in [-0.4, -0.2) is 59.7 Å². The fourth-order valence-electron chi connectivity index (χ4n) is 4.02. The Kier molecular flexibility index (Phi) is 16.4. The van der Waals surface area contributed by atoms with Gasteiger partial charge in [0.15, 0.2) is 0 Å². The second kappa shape index (κ2) is 19.2. The fourth-order valence-corrected chi connectivity index (χ4v) is 4.02. The van der Waals surface area contributed by atoms with Gasteiger partial charge in [0.25, 0.3) is 0 Å². The molecule has 0 radical (unpaired) electrons. The normalized spacial score (nSPS) is 10.5. The van der Waals surface area contributed by atoms with Crippen LogP contribution in [0, 0.1) is 24.4 Å². The van der Waals surface area contributed by atoms with Crippen LogP contribution in [-0.2, 0) is 4.79 Å². The molecular weight excluding hydrogens is 543 g/mol. The van der Waals surface area contributed by atoms with Gasteiger partial charge in [0.2, 0.25) is 12.4 Å². The van der Waals surface area contributed by atoms with Crippen LogP contribution < -0.4 is 10.6 Å². The minimum absolute atomic E-state index is 0.105. The minimum Gasteiger partial charge on any atom is -0.400 e. The summed E-state index contributed by atoms with van der Waals surface area (Å²) in [6, 6.07) is 6.62. The van der Waals surface area contributed by atoms with E-state index >= 15 is 0 Å². The van der Waals surface area contributed by atoms with Crippen molar-refractivity contribution in [1.82, 2.24) is 14.9 Å². The van der Waals surface area contributed by atoms with E-state index in [2.05, 4.69) is 45.9 Å². The van der Waals surface area contributed by atoms with Gasteiger partial charge in [-0.25, -0.2) is 18.2 Å². The Balaban J connectivity index is 0.00000211. The average molecular weight is 586 g/mol. The number of aliphatic hydroxyl groups is 1. The second-order valence-corrected chi connectivity index (χ2v) is 8.58. The van der Waals surface area contributed by atoms with Crippen molar-refractivity contribution >= 4 is 36.4 Å². The molecule has 0 aliphatic carbocycles. The number of nitrogens with one attached hydrogen (secondary N) is 2. The van der Waals surface area contributed by atoms with Crippen molar-refractivity contribution in [2.24, 2.45) is 0 Å². The van der Waals surface area contributed by atoms with Gasteiger partial charge in [0.1, 0.15) is 23.3 Å². The van der Waals surface area contributed by atoms with Gasteiger partial charge >= 0.3 is 0 Å². The molecule has 1 aromatic heterocycles. The van der Waals surface area contributed by atoms with Crippen molar-refractivity contribution in [3.63, 3.8) is 0 Å². The lowest BCUT2D eigenvalue weighted by atomic mass is 9.97. The van der Waals surface area contributed by atoms with Crippen LogP contribution in [0.25, 0.3) is 29.5 Å². The molecule has 3 N–H and O–H groups in total. The molecule has 0 bridgehead atoms. The zero-order valence-electron chi connectivity index (χ0n) is 25.3. The molecular formula is C32H42F3N5O2. The molecule has 0 saturated carbocycles. The molecule has 42 heavy (non-hydrogen) atoms. The molecule has 10 heteroatoms. The van der Waals surface area contributed by atoms with E-state index in [1.165, 1.54) is 30.4 Å². The molecule has 0 unspecified atom stereocenters. The first-order chi connectivity index (χ1) is 20.3. The zero-order chi connectivity index (χ0) is 31.7. The maximum atomic E-state index is 14.8. The molecule has 1 heterocycles. The van der Waals surface area contributed by atoms with Crippen molar-refractivity contribution in [2.75, 3.05) is 43.9 Å². The number of aliphatic hydroxyl groups excluding tert-OH is 1. The summed E-state index contributed by atoms with van der Waals surface area (Å²) in [5.41, 5.74) is 1.54. The highest BCUT2D eigenvalue weighted by atomic mass is 19.1. The molecule has 0 aliphatic rings. The number of hydrogen-bond acceptors (Lipinski definition) is 6. The van der Waals surface area contributed by atoms with E-state index in [-0.39, 0.29) is 28.6 Å². The Bertz CT molecular complexity index is 1310. The molecule has 0 fully saturated rings. The number of benzene rings is 2. The van der Waals surface area contributed by atoms with Gasteiger partial charge in [0, 0.05) is 30.3 Å². The number of anilines is 2. The molecule has 0 saturated heterocycles. The summed E-state index contributed by atoms with van der Waals surface area (Å²) in [7, 11) is 1.00. The monoisotopic (exact) mass is 585 g/mol. The zero-order valence-corrected chi connectivity index (χ0v) is 25.3. The molecule has 7 nitrogen and oxygen atoms in total. The lowest BCUT2D eigenvalue weighted by Gasteiger charge is -2.18. The fraction of sp³-hybridized carbons (Fsp3) is 0.344. The van der Waals surface area contributed by atoms with Crippen LogP contribution in [0.2, 0.25) is 0 Å².